The first-order chi connectivity index (χ1) is 18.8. The van der Waals surface area contributed by atoms with E-state index in [1.54, 1.807) is 6.33 Å². The second kappa shape index (κ2) is 13.5. The standard InChI is InChI=1S/C30H48N8O/c1-29(2)9-15-36(16-10-29)22-25-5-7-26(8-6-25)38(19-20-39)23-30(32-3)11-17-37(18-12-30)28-21-27(34-24-35-28)33-14-4-13-31/h5-8,20-21,24,32H,4,9-19,22-23,31H2,1-3H3,(H,33,34,35). The van der Waals surface area contributed by atoms with Crippen molar-refractivity contribution in [2.24, 2.45) is 11.1 Å². The molecule has 4 N–H and O–H groups in total. The second-order valence-corrected chi connectivity index (χ2v) is 12.0. The molecule has 0 radical (unpaired) electrons. The van der Waals surface area contributed by atoms with Crippen LogP contribution in [0.25, 0.3) is 0 Å². The number of nitrogens with two attached hydrogens (primary N) is 1. The van der Waals surface area contributed by atoms with E-state index in [4.69, 9.17) is 5.73 Å². The van der Waals surface area contributed by atoms with E-state index in [0.717, 1.165) is 88.7 Å². The number of hydrogen-bond acceptors (Lipinski definition) is 9. The maximum absolute atomic E-state index is 11.7. The molecule has 1 aromatic carbocycles. The zero-order chi connectivity index (χ0) is 27.7. The number of nitrogens with one attached hydrogen (secondary N) is 2. The third-order valence-corrected chi connectivity index (χ3v) is 8.62. The van der Waals surface area contributed by atoms with Gasteiger partial charge in [-0.05, 0) is 81.9 Å². The highest BCUT2D eigenvalue weighted by atomic mass is 16.1. The molecule has 0 aliphatic carbocycles. The van der Waals surface area contributed by atoms with E-state index in [9.17, 15) is 4.79 Å². The van der Waals surface area contributed by atoms with Crippen molar-refractivity contribution in [1.29, 1.82) is 0 Å². The lowest BCUT2D eigenvalue weighted by Crippen LogP contribution is -2.58. The number of aldehydes is 1. The molecule has 3 heterocycles. The molecular formula is C30H48N8O. The molecule has 2 fully saturated rings. The minimum Gasteiger partial charge on any atom is -0.370 e. The Morgan fingerprint density at radius 1 is 1.05 bits per heavy atom. The minimum atomic E-state index is -0.0754. The highest BCUT2D eigenvalue weighted by molar-refractivity contribution is 5.62. The number of piperidine rings is 2. The number of likely N-dealkylation sites (N-methyl/N-ethyl adjacent to an activating group) is 1. The number of hydrogen-bond donors (Lipinski definition) is 3. The molecule has 0 spiro atoms. The van der Waals surface area contributed by atoms with E-state index in [0.29, 0.717) is 18.5 Å². The third kappa shape index (κ3) is 8.13. The largest absolute Gasteiger partial charge is 0.370 e. The average molecular weight is 537 g/mol. The average Bonchev–Trinajstić information content (AvgIpc) is 2.95. The molecule has 0 atom stereocenters. The summed E-state index contributed by atoms with van der Waals surface area (Å²) in [6.45, 7) is 12.5. The van der Waals surface area contributed by atoms with Crippen LogP contribution < -0.4 is 26.2 Å². The van der Waals surface area contributed by atoms with Crippen LogP contribution >= 0.6 is 0 Å². The van der Waals surface area contributed by atoms with Crippen molar-refractivity contribution < 1.29 is 4.79 Å². The van der Waals surface area contributed by atoms with Gasteiger partial charge < -0.3 is 31.0 Å². The number of rotatable bonds is 13. The van der Waals surface area contributed by atoms with Gasteiger partial charge in [-0.15, -0.1) is 0 Å². The van der Waals surface area contributed by atoms with Crippen molar-refractivity contribution in [2.75, 3.05) is 74.5 Å². The van der Waals surface area contributed by atoms with Gasteiger partial charge in [-0.3, -0.25) is 4.90 Å². The summed E-state index contributed by atoms with van der Waals surface area (Å²) in [6, 6.07) is 10.9. The monoisotopic (exact) mass is 536 g/mol. The zero-order valence-electron chi connectivity index (χ0n) is 24.2. The van der Waals surface area contributed by atoms with Crippen LogP contribution in [0.2, 0.25) is 0 Å². The van der Waals surface area contributed by atoms with Crippen molar-refractivity contribution in [1.82, 2.24) is 20.2 Å². The van der Waals surface area contributed by atoms with Crippen LogP contribution in [-0.2, 0) is 11.3 Å². The van der Waals surface area contributed by atoms with Gasteiger partial charge in [0.1, 0.15) is 24.2 Å². The number of carbonyl (C=O) groups excluding carboxylic acids is 1. The Labute approximate surface area is 234 Å². The summed E-state index contributed by atoms with van der Waals surface area (Å²) in [4.78, 5) is 27.6. The van der Waals surface area contributed by atoms with Crippen LogP contribution in [-0.4, -0.2) is 86.1 Å². The number of aromatic nitrogens is 2. The van der Waals surface area contributed by atoms with E-state index in [1.807, 2.05) is 13.1 Å². The summed E-state index contributed by atoms with van der Waals surface area (Å²) in [5.74, 6) is 1.78. The van der Waals surface area contributed by atoms with Gasteiger partial charge in [-0.1, -0.05) is 26.0 Å². The van der Waals surface area contributed by atoms with Crippen molar-refractivity contribution in [3.05, 3.63) is 42.2 Å². The van der Waals surface area contributed by atoms with Gasteiger partial charge in [0.25, 0.3) is 0 Å². The Balaban J connectivity index is 1.35. The van der Waals surface area contributed by atoms with Crippen LogP contribution in [0.15, 0.2) is 36.7 Å². The number of nitrogens with zero attached hydrogens (tertiary/aromatic N) is 5. The summed E-state index contributed by atoms with van der Waals surface area (Å²) in [6.07, 6.45) is 7.98. The highest BCUT2D eigenvalue weighted by Gasteiger charge is 2.35. The maximum Gasteiger partial charge on any atom is 0.139 e. The smallest absolute Gasteiger partial charge is 0.139 e. The molecule has 2 aromatic rings. The normalized spacial score (nSPS) is 19.0. The molecule has 9 nitrogen and oxygen atoms in total. The van der Waals surface area contributed by atoms with E-state index < -0.39 is 0 Å². The number of likely N-dealkylation sites (tertiary alicyclic amines) is 1. The van der Waals surface area contributed by atoms with Crippen molar-refractivity contribution in [2.45, 2.75) is 58.0 Å². The maximum atomic E-state index is 11.7. The van der Waals surface area contributed by atoms with E-state index in [-0.39, 0.29) is 5.54 Å². The fourth-order valence-corrected chi connectivity index (χ4v) is 5.69. The molecule has 2 aliphatic heterocycles. The molecule has 1 aromatic heterocycles. The molecule has 2 aliphatic rings. The van der Waals surface area contributed by atoms with E-state index in [1.165, 1.54) is 18.4 Å². The first-order valence-corrected chi connectivity index (χ1v) is 14.6. The summed E-state index contributed by atoms with van der Waals surface area (Å²) >= 11 is 0. The number of carbonyl (C=O) groups is 1. The van der Waals surface area contributed by atoms with Gasteiger partial charge in [-0.2, -0.15) is 0 Å². The summed E-state index contributed by atoms with van der Waals surface area (Å²) in [5, 5.41) is 6.95. The Hall–Kier alpha value is -2.75. The molecule has 0 unspecified atom stereocenters. The van der Waals surface area contributed by atoms with Gasteiger partial charge in [0.15, 0.2) is 0 Å². The third-order valence-electron chi connectivity index (χ3n) is 8.62. The van der Waals surface area contributed by atoms with Crippen LogP contribution in [0.1, 0.15) is 51.5 Å². The fourth-order valence-electron chi connectivity index (χ4n) is 5.69. The predicted octanol–water partition coefficient (Wildman–Crippen LogP) is 3.12. The first-order valence-electron chi connectivity index (χ1n) is 14.6. The second-order valence-electron chi connectivity index (χ2n) is 12.0. The van der Waals surface area contributed by atoms with Gasteiger partial charge in [0, 0.05) is 50.0 Å². The van der Waals surface area contributed by atoms with Crippen LogP contribution in [0.5, 0.6) is 0 Å². The lowest BCUT2D eigenvalue weighted by Gasteiger charge is -2.45. The lowest BCUT2D eigenvalue weighted by molar-refractivity contribution is -0.106. The van der Waals surface area contributed by atoms with Crippen molar-refractivity contribution in [3.8, 4) is 0 Å². The molecule has 9 heteroatoms. The van der Waals surface area contributed by atoms with Gasteiger partial charge >= 0.3 is 0 Å². The molecule has 0 saturated carbocycles. The van der Waals surface area contributed by atoms with Crippen LogP contribution in [0.3, 0.4) is 0 Å². The van der Waals surface area contributed by atoms with E-state index >= 15 is 0 Å². The van der Waals surface area contributed by atoms with E-state index in [2.05, 4.69) is 73.4 Å². The van der Waals surface area contributed by atoms with Crippen LogP contribution in [0.4, 0.5) is 17.3 Å². The highest BCUT2D eigenvalue weighted by Crippen LogP contribution is 2.31. The molecule has 0 bridgehead atoms. The Morgan fingerprint density at radius 3 is 2.41 bits per heavy atom. The van der Waals surface area contributed by atoms with Gasteiger partial charge in [-0.25, -0.2) is 9.97 Å². The topological polar surface area (TPSA) is 103 Å². The van der Waals surface area contributed by atoms with Gasteiger partial charge in [0.2, 0.25) is 0 Å². The van der Waals surface area contributed by atoms with Gasteiger partial charge in [0.05, 0.1) is 6.54 Å². The number of benzene rings is 1. The first kappa shape index (κ1) is 29.2. The lowest BCUT2D eigenvalue weighted by atomic mass is 9.82. The summed E-state index contributed by atoms with van der Waals surface area (Å²) in [7, 11) is 2.04. The molecule has 4 rings (SSSR count). The van der Waals surface area contributed by atoms with Crippen molar-refractivity contribution >= 4 is 23.6 Å². The Bertz CT molecular complexity index is 1030. The van der Waals surface area contributed by atoms with Crippen LogP contribution in [0, 0.1) is 5.41 Å². The molecule has 2 saturated heterocycles. The summed E-state index contributed by atoms with van der Waals surface area (Å²) in [5.41, 5.74) is 8.44. The number of anilines is 3. The van der Waals surface area contributed by atoms with Crippen molar-refractivity contribution in [3.63, 3.8) is 0 Å². The fraction of sp³-hybridized carbons (Fsp3) is 0.633. The zero-order valence-corrected chi connectivity index (χ0v) is 24.2. The molecule has 214 valence electrons. The Kier molecular flexibility index (Phi) is 10.2. The SMILES string of the molecule is CNC1(CN(CC=O)c2ccc(CN3CCC(C)(C)CC3)cc2)CCN(c2cc(NCCCN)ncn2)CC1. The quantitative estimate of drug-likeness (QED) is 0.263. The minimum absolute atomic E-state index is 0.0754. The molecule has 0 amide bonds. The molecular weight excluding hydrogens is 488 g/mol. The molecule has 39 heavy (non-hydrogen) atoms. The Morgan fingerprint density at radius 2 is 1.77 bits per heavy atom. The summed E-state index contributed by atoms with van der Waals surface area (Å²) < 4.78 is 0. The predicted molar refractivity (Wildman–Crippen MR) is 160 cm³/mol.